The average molecular weight is 250 g/mol. The summed E-state index contributed by atoms with van der Waals surface area (Å²) in [6.45, 7) is 6.30. The summed E-state index contributed by atoms with van der Waals surface area (Å²) in [4.78, 5) is 2.06. The van der Waals surface area contributed by atoms with Gasteiger partial charge >= 0.3 is 0 Å². The molecular formula is C15H26N2O. The predicted octanol–water partition coefficient (Wildman–Crippen LogP) is 2.56. The van der Waals surface area contributed by atoms with Crippen LogP contribution in [0.15, 0.2) is 24.3 Å². The maximum atomic E-state index is 10.4. The maximum absolute atomic E-state index is 10.4. The smallest absolute Gasteiger partial charge is 0.0942 e. The minimum Gasteiger partial charge on any atom is -0.387 e. The third-order valence-electron chi connectivity index (χ3n) is 3.12. The fourth-order valence-corrected chi connectivity index (χ4v) is 2.06. The molecule has 0 bridgehead atoms. The van der Waals surface area contributed by atoms with Gasteiger partial charge in [0.1, 0.15) is 0 Å². The second kappa shape index (κ2) is 6.76. The van der Waals surface area contributed by atoms with Gasteiger partial charge in [-0.1, -0.05) is 32.9 Å². The largest absolute Gasteiger partial charge is 0.387 e. The molecule has 0 heterocycles. The Bertz CT molecular complexity index is 346. The third kappa shape index (κ3) is 4.00. The van der Waals surface area contributed by atoms with Gasteiger partial charge in [-0.3, -0.25) is 0 Å². The molecule has 0 fully saturated rings. The van der Waals surface area contributed by atoms with Crippen molar-refractivity contribution in [2.75, 3.05) is 19.0 Å². The number of benzene rings is 1. The fourth-order valence-electron chi connectivity index (χ4n) is 2.06. The minimum atomic E-state index is -0.450. The van der Waals surface area contributed by atoms with Crippen LogP contribution in [-0.4, -0.2) is 31.3 Å². The van der Waals surface area contributed by atoms with E-state index in [1.165, 1.54) is 0 Å². The highest BCUT2D eigenvalue weighted by molar-refractivity contribution is 5.46. The van der Waals surface area contributed by atoms with Crippen molar-refractivity contribution in [3.63, 3.8) is 0 Å². The predicted molar refractivity (Wildman–Crippen MR) is 78.1 cm³/mol. The molecule has 18 heavy (non-hydrogen) atoms. The molecule has 2 atom stereocenters. The van der Waals surface area contributed by atoms with Gasteiger partial charge in [-0.15, -0.1) is 0 Å². The Balaban J connectivity index is 2.78. The summed E-state index contributed by atoms with van der Waals surface area (Å²) in [5, 5.41) is 13.8. The van der Waals surface area contributed by atoms with E-state index in [9.17, 15) is 5.11 Å². The van der Waals surface area contributed by atoms with Gasteiger partial charge in [0.05, 0.1) is 6.10 Å². The molecule has 2 unspecified atom stereocenters. The molecule has 0 radical (unpaired) electrons. The highest BCUT2D eigenvalue weighted by Gasteiger charge is 2.19. The zero-order chi connectivity index (χ0) is 13.7. The molecule has 0 saturated heterocycles. The van der Waals surface area contributed by atoms with E-state index >= 15 is 0 Å². The lowest BCUT2D eigenvalue weighted by molar-refractivity contribution is 0.121. The van der Waals surface area contributed by atoms with Crippen LogP contribution in [-0.2, 0) is 0 Å². The van der Waals surface area contributed by atoms with Gasteiger partial charge in [0.15, 0.2) is 0 Å². The van der Waals surface area contributed by atoms with Crippen LogP contribution in [0.4, 0.5) is 5.69 Å². The van der Waals surface area contributed by atoms with Gasteiger partial charge in [0.25, 0.3) is 0 Å². The number of hydrogen-bond donors (Lipinski definition) is 2. The first-order valence-corrected chi connectivity index (χ1v) is 6.67. The van der Waals surface area contributed by atoms with Crippen molar-refractivity contribution in [2.45, 2.75) is 45.4 Å². The first kappa shape index (κ1) is 15.0. The highest BCUT2D eigenvalue weighted by Crippen LogP contribution is 2.22. The standard InChI is InChI=1S/C15H26N2O/c1-6-14(16-11(2)3)15(18)12-7-9-13(10-8-12)17(4)5/h7-11,14-16,18H,6H2,1-5H3. The number of anilines is 1. The third-order valence-corrected chi connectivity index (χ3v) is 3.12. The van der Waals surface area contributed by atoms with Gasteiger partial charge in [0, 0.05) is 31.9 Å². The lowest BCUT2D eigenvalue weighted by Gasteiger charge is -2.26. The summed E-state index contributed by atoms with van der Waals surface area (Å²) in [5.74, 6) is 0. The quantitative estimate of drug-likeness (QED) is 0.814. The van der Waals surface area contributed by atoms with Crippen LogP contribution < -0.4 is 10.2 Å². The highest BCUT2D eigenvalue weighted by atomic mass is 16.3. The Morgan fingerprint density at radius 2 is 1.72 bits per heavy atom. The van der Waals surface area contributed by atoms with Gasteiger partial charge in [-0.2, -0.15) is 0 Å². The van der Waals surface area contributed by atoms with E-state index in [1.807, 2.05) is 38.4 Å². The number of rotatable bonds is 6. The molecule has 0 aliphatic heterocycles. The monoisotopic (exact) mass is 250 g/mol. The van der Waals surface area contributed by atoms with Crippen LogP contribution in [0.2, 0.25) is 0 Å². The molecule has 0 saturated carbocycles. The summed E-state index contributed by atoms with van der Waals surface area (Å²) in [7, 11) is 4.03. The van der Waals surface area contributed by atoms with E-state index in [0.717, 1.165) is 17.7 Å². The number of aliphatic hydroxyl groups is 1. The van der Waals surface area contributed by atoms with E-state index in [1.54, 1.807) is 0 Å². The van der Waals surface area contributed by atoms with Crippen molar-refractivity contribution in [3.05, 3.63) is 29.8 Å². The Morgan fingerprint density at radius 3 is 2.11 bits per heavy atom. The molecule has 0 amide bonds. The number of aliphatic hydroxyl groups excluding tert-OH is 1. The molecule has 2 N–H and O–H groups in total. The van der Waals surface area contributed by atoms with E-state index in [0.29, 0.717) is 6.04 Å². The van der Waals surface area contributed by atoms with Gasteiger partial charge in [0.2, 0.25) is 0 Å². The zero-order valence-corrected chi connectivity index (χ0v) is 12.1. The van der Waals surface area contributed by atoms with Crippen LogP contribution in [0.1, 0.15) is 38.9 Å². The number of nitrogens with one attached hydrogen (secondary N) is 1. The number of nitrogens with zero attached hydrogens (tertiary/aromatic N) is 1. The molecule has 0 aromatic heterocycles. The van der Waals surface area contributed by atoms with E-state index in [2.05, 4.69) is 31.0 Å². The lowest BCUT2D eigenvalue weighted by Crippen LogP contribution is -2.38. The molecule has 102 valence electrons. The fraction of sp³-hybridized carbons (Fsp3) is 0.600. The van der Waals surface area contributed by atoms with Crippen molar-refractivity contribution in [1.82, 2.24) is 5.32 Å². The summed E-state index contributed by atoms with van der Waals surface area (Å²) in [6, 6.07) is 8.58. The van der Waals surface area contributed by atoms with E-state index in [-0.39, 0.29) is 6.04 Å². The zero-order valence-electron chi connectivity index (χ0n) is 12.1. The van der Waals surface area contributed by atoms with Gasteiger partial charge in [-0.05, 0) is 24.1 Å². The molecule has 0 spiro atoms. The Morgan fingerprint density at radius 1 is 1.17 bits per heavy atom. The molecule has 0 aliphatic rings. The number of hydrogen-bond acceptors (Lipinski definition) is 3. The minimum absolute atomic E-state index is 0.107. The van der Waals surface area contributed by atoms with Crippen LogP contribution in [0.25, 0.3) is 0 Å². The maximum Gasteiger partial charge on any atom is 0.0942 e. The summed E-state index contributed by atoms with van der Waals surface area (Å²) < 4.78 is 0. The Kier molecular flexibility index (Phi) is 5.63. The van der Waals surface area contributed by atoms with Crippen molar-refractivity contribution < 1.29 is 5.11 Å². The molecule has 1 rings (SSSR count). The van der Waals surface area contributed by atoms with Crippen molar-refractivity contribution in [2.24, 2.45) is 0 Å². The van der Waals surface area contributed by atoms with Crippen LogP contribution in [0, 0.1) is 0 Å². The lowest BCUT2D eigenvalue weighted by atomic mass is 9.99. The molecule has 0 aliphatic carbocycles. The van der Waals surface area contributed by atoms with E-state index in [4.69, 9.17) is 0 Å². The van der Waals surface area contributed by atoms with Crippen molar-refractivity contribution >= 4 is 5.69 Å². The second-order valence-corrected chi connectivity index (χ2v) is 5.27. The Hall–Kier alpha value is -1.06. The first-order valence-electron chi connectivity index (χ1n) is 6.67. The second-order valence-electron chi connectivity index (χ2n) is 5.27. The van der Waals surface area contributed by atoms with Crippen LogP contribution in [0.3, 0.4) is 0 Å². The SMILES string of the molecule is CCC(NC(C)C)C(O)c1ccc(N(C)C)cc1. The topological polar surface area (TPSA) is 35.5 Å². The van der Waals surface area contributed by atoms with Crippen molar-refractivity contribution in [3.8, 4) is 0 Å². The first-order chi connectivity index (χ1) is 8.45. The van der Waals surface area contributed by atoms with Crippen LogP contribution >= 0.6 is 0 Å². The Labute approximate surface area is 111 Å². The molecule has 3 nitrogen and oxygen atoms in total. The van der Waals surface area contributed by atoms with E-state index < -0.39 is 6.10 Å². The molecule has 1 aromatic carbocycles. The normalized spacial score (nSPS) is 14.6. The van der Waals surface area contributed by atoms with Crippen molar-refractivity contribution in [1.29, 1.82) is 0 Å². The molecule has 3 heteroatoms. The van der Waals surface area contributed by atoms with Gasteiger partial charge < -0.3 is 15.3 Å². The molecular weight excluding hydrogens is 224 g/mol. The summed E-state index contributed by atoms with van der Waals surface area (Å²) in [5.41, 5.74) is 2.12. The summed E-state index contributed by atoms with van der Waals surface area (Å²) in [6.07, 6.45) is 0.461. The summed E-state index contributed by atoms with van der Waals surface area (Å²) >= 11 is 0. The average Bonchev–Trinajstić information content (AvgIpc) is 2.35. The van der Waals surface area contributed by atoms with Gasteiger partial charge in [-0.25, -0.2) is 0 Å². The molecule has 1 aromatic rings. The van der Waals surface area contributed by atoms with Crippen LogP contribution in [0.5, 0.6) is 0 Å².